The number of urea groups is 1. The number of nitrogens with one attached hydrogen (secondary N) is 2. The Kier molecular flexibility index (Phi) is 4.91. The zero-order valence-electron chi connectivity index (χ0n) is 9.61. The minimum Gasteiger partial charge on any atom is -0.479 e. The van der Waals surface area contributed by atoms with Crippen molar-refractivity contribution < 1.29 is 19.8 Å². The van der Waals surface area contributed by atoms with Crippen LogP contribution in [0.15, 0.2) is 24.3 Å². The molecule has 0 aromatic heterocycles. The Labute approximate surface area is 118 Å². The van der Waals surface area contributed by atoms with Crippen molar-refractivity contribution in [2.45, 2.75) is 12.5 Å². The summed E-state index contributed by atoms with van der Waals surface area (Å²) in [6, 6.07) is 6.55. The van der Waals surface area contributed by atoms with Crippen molar-refractivity contribution in [3.63, 3.8) is 0 Å². The van der Waals surface area contributed by atoms with Crippen LogP contribution in [-0.4, -0.2) is 34.4 Å². The van der Waals surface area contributed by atoms with Crippen LogP contribution in [-0.2, 0) is 4.79 Å². The fourth-order valence-electron chi connectivity index (χ4n) is 1.07. The van der Waals surface area contributed by atoms with E-state index in [4.69, 9.17) is 5.11 Å². The summed E-state index contributed by atoms with van der Waals surface area (Å²) in [5.74, 6) is -1.39. The van der Waals surface area contributed by atoms with Crippen molar-refractivity contribution in [3.05, 3.63) is 27.8 Å². The highest BCUT2D eigenvalue weighted by atomic mass is 127. The number of anilines is 1. The smallest absolute Gasteiger partial charge is 0.337 e. The van der Waals surface area contributed by atoms with Gasteiger partial charge >= 0.3 is 12.0 Å². The molecule has 0 bridgehead atoms. The van der Waals surface area contributed by atoms with Gasteiger partial charge in [-0.15, -0.1) is 0 Å². The van der Waals surface area contributed by atoms with Crippen molar-refractivity contribution in [3.8, 4) is 0 Å². The number of hydrogen-bond donors (Lipinski definition) is 4. The monoisotopic (exact) mass is 364 g/mol. The molecule has 0 fully saturated rings. The number of carboxylic acid groups (broad SMARTS) is 1. The van der Waals surface area contributed by atoms with E-state index in [1.54, 1.807) is 18.2 Å². The number of hydrogen-bond acceptors (Lipinski definition) is 3. The predicted molar refractivity (Wildman–Crippen MR) is 74.4 cm³/mol. The molecule has 18 heavy (non-hydrogen) atoms. The lowest BCUT2D eigenvalue weighted by Crippen LogP contribution is -2.47. The summed E-state index contributed by atoms with van der Waals surface area (Å²) in [6.07, 6.45) is 0. The standard InChI is InChI=1S/C11H13IN2O4/c1-11(18,9(15)16)6-13-10(17)14-8-4-2-3-7(12)5-8/h2-5,18H,6H2,1H3,(H,15,16)(H2,13,14,17). The fourth-order valence-corrected chi connectivity index (χ4v) is 1.61. The molecule has 0 radical (unpaired) electrons. The Balaban J connectivity index is 2.50. The summed E-state index contributed by atoms with van der Waals surface area (Å²) >= 11 is 2.11. The highest BCUT2D eigenvalue weighted by Crippen LogP contribution is 2.12. The van der Waals surface area contributed by atoms with Crippen LogP contribution < -0.4 is 10.6 Å². The molecule has 6 nitrogen and oxygen atoms in total. The number of carbonyl (C=O) groups excluding carboxylic acids is 1. The van der Waals surface area contributed by atoms with Gasteiger partial charge in [-0.2, -0.15) is 0 Å². The van der Waals surface area contributed by atoms with E-state index >= 15 is 0 Å². The number of aliphatic carboxylic acids is 1. The summed E-state index contributed by atoms with van der Waals surface area (Å²) in [7, 11) is 0. The zero-order valence-corrected chi connectivity index (χ0v) is 11.8. The van der Waals surface area contributed by atoms with Gasteiger partial charge in [0.2, 0.25) is 0 Å². The van der Waals surface area contributed by atoms with Crippen LogP contribution in [0.4, 0.5) is 10.5 Å². The van der Waals surface area contributed by atoms with Gasteiger partial charge in [-0.25, -0.2) is 9.59 Å². The summed E-state index contributed by atoms with van der Waals surface area (Å²) in [5.41, 5.74) is -1.39. The Morgan fingerprint density at radius 1 is 1.44 bits per heavy atom. The number of benzene rings is 1. The lowest BCUT2D eigenvalue weighted by atomic mass is 10.1. The minimum absolute atomic E-state index is 0.377. The average Bonchev–Trinajstić information content (AvgIpc) is 2.26. The van der Waals surface area contributed by atoms with E-state index < -0.39 is 17.6 Å². The summed E-state index contributed by atoms with van der Waals surface area (Å²) in [4.78, 5) is 22.1. The van der Waals surface area contributed by atoms with E-state index in [1.165, 1.54) is 0 Å². The van der Waals surface area contributed by atoms with E-state index in [2.05, 4.69) is 33.2 Å². The quantitative estimate of drug-likeness (QED) is 0.605. The molecule has 98 valence electrons. The van der Waals surface area contributed by atoms with E-state index in [0.717, 1.165) is 10.5 Å². The van der Waals surface area contributed by atoms with Crippen LogP contribution in [0.3, 0.4) is 0 Å². The molecule has 1 atom stereocenters. The van der Waals surface area contributed by atoms with Crippen molar-refractivity contribution in [1.82, 2.24) is 5.32 Å². The first kappa shape index (κ1) is 14.7. The molecule has 1 aromatic carbocycles. The van der Waals surface area contributed by atoms with Gasteiger partial charge in [0.05, 0.1) is 6.54 Å². The van der Waals surface area contributed by atoms with Crippen LogP contribution in [0.25, 0.3) is 0 Å². The first-order chi connectivity index (χ1) is 8.31. The van der Waals surface area contributed by atoms with Crippen LogP contribution in [0.1, 0.15) is 6.92 Å². The minimum atomic E-state index is -1.98. The number of amides is 2. The Morgan fingerprint density at radius 2 is 2.11 bits per heavy atom. The molecule has 0 aliphatic carbocycles. The van der Waals surface area contributed by atoms with E-state index in [9.17, 15) is 14.7 Å². The normalized spacial score (nSPS) is 13.5. The first-order valence-corrected chi connectivity index (χ1v) is 6.15. The van der Waals surface area contributed by atoms with Crippen LogP contribution in [0, 0.1) is 3.57 Å². The third kappa shape index (κ3) is 4.49. The molecule has 7 heteroatoms. The largest absolute Gasteiger partial charge is 0.479 e. The van der Waals surface area contributed by atoms with Gasteiger partial charge < -0.3 is 20.8 Å². The molecule has 0 spiro atoms. The van der Waals surface area contributed by atoms with Crippen LogP contribution >= 0.6 is 22.6 Å². The topological polar surface area (TPSA) is 98.7 Å². The highest BCUT2D eigenvalue weighted by molar-refractivity contribution is 14.1. The van der Waals surface area contributed by atoms with Crippen molar-refractivity contribution in [2.75, 3.05) is 11.9 Å². The third-order valence-corrected chi connectivity index (χ3v) is 2.81. The van der Waals surface area contributed by atoms with Gasteiger partial charge in [0.15, 0.2) is 5.60 Å². The predicted octanol–water partition coefficient (Wildman–Crippen LogP) is 1.25. The number of rotatable bonds is 4. The molecule has 1 unspecified atom stereocenters. The number of halogens is 1. The molecule has 0 heterocycles. The number of carboxylic acids is 1. The molecule has 1 rings (SSSR count). The second-order valence-electron chi connectivity index (χ2n) is 3.90. The number of carbonyl (C=O) groups is 2. The van der Waals surface area contributed by atoms with Crippen molar-refractivity contribution in [2.24, 2.45) is 0 Å². The van der Waals surface area contributed by atoms with Gasteiger partial charge in [0, 0.05) is 9.26 Å². The molecule has 1 aromatic rings. The van der Waals surface area contributed by atoms with Crippen LogP contribution in [0.5, 0.6) is 0 Å². The van der Waals surface area contributed by atoms with Crippen LogP contribution in [0.2, 0.25) is 0 Å². The SMILES string of the molecule is CC(O)(CNC(=O)Nc1cccc(I)c1)C(=O)O. The summed E-state index contributed by atoms with van der Waals surface area (Å²) in [6.45, 7) is 0.735. The molecule has 0 saturated carbocycles. The Bertz CT molecular complexity index is 462. The molecule has 0 saturated heterocycles. The molecular weight excluding hydrogens is 351 g/mol. The Hall–Kier alpha value is -1.35. The van der Waals surface area contributed by atoms with E-state index in [1.807, 2.05) is 6.07 Å². The maximum Gasteiger partial charge on any atom is 0.337 e. The Morgan fingerprint density at radius 3 is 2.67 bits per heavy atom. The van der Waals surface area contributed by atoms with Gasteiger partial charge in [-0.1, -0.05) is 6.07 Å². The lowest BCUT2D eigenvalue weighted by molar-refractivity contribution is -0.155. The van der Waals surface area contributed by atoms with Gasteiger partial charge in [0.25, 0.3) is 0 Å². The maximum absolute atomic E-state index is 11.5. The summed E-state index contributed by atoms with van der Waals surface area (Å²) < 4.78 is 0.961. The fraction of sp³-hybridized carbons (Fsp3) is 0.273. The second-order valence-corrected chi connectivity index (χ2v) is 5.14. The third-order valence-electron chi connectivity index (χ3n) is 2.14. The van der Waals surface area contributed by atoms with Gasteiger partial charge in [-0.05, 0) is 47.7 Å². The zero-order chi connectivity index (χ0) is 13.8. The molecule has 0 aliphatic heterocycles. The van der Waals surface area contributed by atoms with E-state index in [-0.39, 0.29) is 6.54 Å². The lowest BCUT2D eigenvalue weighted by Gasteiger charge is -2.18. The molecular formula is C11H13IN2O4. The maximum atomic E-state index is 11.5. The van der Waals surface area contributed by atoms with Crippen molar-refractivity contribution in [1.29, 1.82) is 0 Å². The van der Waals surface area contributed by atoms with Gasteiger partial charge in [-0.3, -0.25) is 0 Å². The molecule has 4 N–H and O–H groups in total. The van der Waals surface area contributed by atoms with Crippen molar-refractivity contribution >= 4 is 40.3 Å². The van der Waals surface area contributed by atoms with E-state index in [0.29, 0.717) is 5.69 Å². The molecule has 0 aliphatic rings. The average molecular weight is 364 g/mol. The molecule has 2 amide bonds. The highest BCUT2D eigenvalue weighted by Gasteiger charge is 2.30. The first-order valence-electron chi connectivity index (χ1n) is 5.07. The summed E-state index contributed by atoms with van der Waals surface area (Å²) in [5, 5.41) is 22.9. The number of aliphatic hydroxyl groups is 1. The van der Waals surface area contributed by atoms with Gasteiger partial charge in [0.1, 0.15) is 0 Å². The second kappa shape index (κ2) is 6.01.